The van der Waals surface area contributed by atoms with Crippen molar-refractivity contribution >= 4 is 17.8 Å². The van der Waals surface area contributed by atoms with Gasteiger partial charge in [0.25, 0.3) is 0 Å². The van der Waals surface area contributed by atoms with Crippen molar-refractivity contribution in [1.29, 1.82) is 0 Å². The molecule has 0 saturated heterocycles. The average molecular weight is 357 g/mol. The first-order valence-electron chi connectivity index (χ1n) is 7.91. The summed E-state index contributed by atoms with van der Waals surface area (Å²) in [4.78, 5) is 35.4. The second kappa shape index (κ2) is 8.77. The molecule has 2 rings (SSSR count). The molecule has 26 heavy (non-hydrogen) atoms. The molecule has 0 aromatic heterocycles. The number of ether oxygens (including phenoxy) is 1. The fourth-order valence-corrected chi connectivity index (χ4v) is 2.33. The first-order valence-corrected chi connectivity index (χ1v) is 7.91. The van der Waals surface area contributed by atoms with Crippen LogP contribution in [0.15, 0.2) is 54.6 Å². The standard InChI is InChI=1S/C19H19NO6/c1-12(20-19(25)26-11-13-7-3-2-4-8-13)16(21)14-9-5-6-10-15(14)17(22)18(23)24/h2-10,12,17,22H,11H2,1H3,(H,20,25)(H,23,24)/t12-,17?/m0/s1. The maximum Gasteiger partial charge on any atom is 0.408 e. The SMILES string of the molecule is C[C@H](NC(=O)OCc1ccccc1)C(=O)c1ccccc1C(O)C(=O)O. The molecule has 0 saturated carbocycles. The van der Waals surface area contributed by atoms with Gasteiger partial charge in [-0.15, -0.1) is 0 Å². The third-order valence-corrected chi connectivity index (χ3v) is 3.70. The Morgan fingerprint density at radius 1 is 1.04 bits per heavy atom. The lowest BCUT2D eigenvalue weighted by Gasteiger charge is -2.16. The Labute approximate surface area is 150 Å². The van der Waals surface area contributed by atoms with E-state index in [1.807, 2.05) is 18.2 Å². The zero-order valence-electron chi connectivity index (χ0n) is 14.1. The van der Waals surface area contributed by atoms with Crippen LogP contribution in [-0.4, -0.2) is 34.1 Å². The lowest BCUT2D eigenvalue weighted by Crippen LogP contribution is -2.39. The van der Waals surface area contributed by atoms with Crippen LogP contribution in [0.1, 0.15) is 34.5 Å². The van der Waals surface area contributed by atoms with Crippen LogP contribution in [0.2, 0.25) is 0 Å². The van der Waals surface area contributed by atoms with E-state index in [0.29, 0.717) is 0 Å². The number of rotatable bonds is 7. The Balaban J connectivity index is 2.01. The number of aliphatic carboxylic acids is 1. The molecule has 0 spiro atoms. The van der Waals surface area contributed by atoms with Gasteiger partial charge in [-0.2, -0.15) is 0 Å². The van der Waals surface area contributed by atoms with Gasteiger partial charge in [-0.3, -0.25) is 4.79 Å². The van der Waals surface area contributed by atoms with Gasteiger partial charge in [0.15, 0.2) is 11.9 Å². The molecular weight excluding hydrogens is 338 g/mol. The highest BCUT2D eigenvalue weighted by molar-refractivity contribution is 6.03. The lowest BCUT2D eigenvalue weighted by atomic mass is 9.96. The third kappa shape index (κ3) is 4.90. The van der Waals surface area contributed by atoms with Crippen molar-refractivity contribution in [2.24, 2.45) is 0 Å². The van der Waals surface area contributed by atoms with E-state index in [1.165, 1.54) is 25.1 Å². The second-order valence-corrected chi connectivity index (χ2v) is 5.62. The zero-order chi connectivity index (χ0) is 19.1. The fourth-order valence-electron chi connectivity index (χ4n) is 2.33. The topological polar surface area (TPSA) is 113 Å². The Bertz CT molecular complexity index is 790. The number of nitrogens with one attached hydrogen (secondary N) is 1. The number of aliphatic hydroxyl groups excluding tert-OH is 1. The van der Waals surface area contributed by atoms with Crippen LogP contribution in [0.3, 0.4) is 0 Å². The van der Waals surface area contributed by atoms with Crippen molar-refractivity contribution in [3.05, 3.63) is 71.3 Å². The summed E-state index contributed by atoms with van der Waals surface area (Å²) in [6.45, 7) is 1.51. The third-order valence-electron chi connectivity index (χ3n) is 3.70. The van der Waals surface area contributed by atoms with Crippen LogP contribution in [0.25, 0.3) is 0 Å². The summed E-state index contributed by atoms with van der Waals surface area (Å²) in [7, 11) is 0. The summed E-state index contributed by atoms with van der Waals surface area (Å²) in [6.07, 6.45) is -2.60. The van der Waals surface area contributed by atoms with Crippen molar-refractivity contribution in [2.45, 2.75) is 25.7 Å². The number of carbonyl (C=O) groups is 3. The molecule has 2 aromatic rings. The van der Waals surface area contributed by atoms with Gasteiger partial charge < -0.3 is 20.3 Å². The average Bonchev–Trinajstić information content (AvgIpc) is 2.65. The summed E-state index contributed by atoms with van der Waals surface area (Å²) >= 11 is 0. The van der Waals surface area contributed by atoms with E-state index in [2.05, 4.69) is 5.32 Å². The predicted molar refractivity (Wildman–Crippen MR) is 92.6 cm³/mol. The van der Waals surface area contributed by atoms with Gasteiger partial charge in [-0.05, 0) is 12.5 Å². The molecule has 0 aliphatic carbocycles. The first kappa shape index (κ1) is 19.1. The molecule has 2 atom stereocenters. The van der Waals surface area contributed by atoms with Crippen molar-refractivity contribution in [3.8, 4) is 0 Å². The number of amides is 1. The maximum absolute atomic E-state index is 12.5. The Morgan fingerprint density at radius 2 is 1.65 bits per heavy atom. The summed E-state index contributed by atoms with van der Waals surface area (Å²) in [5.41, 5.74) is 0.797. The Hall–Kier alpha value is -3.19. The number of benzene rings is 2. The number of aliphatic hydroxyl groups is 1. The molecule has 1 amide bonds. The molecule has 7 heteroatoms. The fraction of sp³-hybridized carbons (Fsp3) is 0.211. The van der Waals surface area contributed by atoms with E-state index < -0.39 is 30.0 Å². The quantitative estimate of drug-likeness (QED) is 0.656. The van der Waals surface area contributed by atoms with Crippen LogP contribution in [0.5, 0.6) is 0 Å². The van der Waals surface area contributed by atoms with Crippen LogP contribution in [0.4, 0.5) is 4.79 Å². The number of carboxylic acids is 1. The number of Topliss-reactive ketones (excluding diaryl/α,β-unsaturated/α-hetero) is 1. The van der Waals surface area contributed by atoms with E-state index in [4.69, 9.17) is 9.84 Å². The van der Waals surface area contributed by atoms with Gasteiger partial charge >= 0.3 is 12.1 Å². The van der Waals surface area contributed by atoms with Gasteiger partial charge in [0.05, 0.1) is 6.04 Å². The number of carboxylic acid groups (broad SMARTS) is 1. The molecule has 0 radical (unpaired) electrons. The van der Waals surface area contributed by atoms with Crippen LogP contribution in [0, 0.1) is 0 Å². The highest BCUT2D eigenvalue weighted by atomic mass is 16.5. The largest absolute Gasteiger partial charge is 0.479 e. The summed E-state index contributed by atoms with van der Waals surface area (Å²) < 4.78 is 5.05. The Morgan fingerprint density at radius 3 is 2.31 bits per heavy atom. The van der Waals surface area contributed by atoms with Crippen molar-refractivity contribution < 1.29 is 29.3 Å². The smallest absolute Gasteiger partial charge is 0.408 e. The van der Waals surface area contributed by atoms with Crippen molar-refractivity contribution in [2.75, 3.05) is 0 Å². The van der Waals surface area contributed by atoms with Gasteiger partial charge in [0.1, 0.15) is 6.61 Å². The highest BCUT2D eigenvalue weighted by Crippen LogP contribution is 2.20. The van der Waals surface area contributed by atoms with E-state index in [-0.39, 0.29) is 17.7 Å². The molecule has 0 heterocycles. The van der Waals surface area contributed by atoms with Crippen LogP contribution >= 0.6 is 0 Å². The van der Waals surface area contributed by atoms with E-state index in [0.717, 1.165) is 5.56 Å². The lowest BCUT2D eigenvalue weighted by molar-refractivity contribution is -0.146. The highest BCUT2D eigenvalue weighted by Gasteiger charge is 2.26. The first-order chi connectivity index (χ1) is 12.4. The molecule has 0 fully saturated rings. The van der Waals surface area contributed by atoms with Crippen molar-refractivity contribution in [1.82, 2.24) is 5.32 Å². The molecule has 0 aliphatic rings. The summed E-state index contributed by atoms with van der Waals surface area (Å²) in [5, 5.41) is 21.1. The molecule has 3 N–H and O–H groups in total. The van der Waals surface area contributed by atoms with E-state index in [1.54, 1.807) is 18.2 Å². The maximum atomic E-state index is 12.5. The minimum Gasteiger partial charge on any atom is -0.479 e. The van der Waals surface area contributed by atoms with Gasteiger partial charge in [-0.25, -0.2) is 9.59 Å². The zero-order valence-corrected chi connectivity index (χ0v) is 14.1. The number of alkyl carbamates (subject to hydrolysis) is 1. The normalized spacial score (nSPS) is 12.7. The summed E-state index contributed by atoms with van der Waals surface area (Å²) in [6, 6.07) is 13.9. The molecule has 7 nitrogen and oxygen atoms in total. The molecule has 136 valence electrons. The molecule has 2 aromatic carbocycles. The summed E-state index contributed by atoms with van der Waals surface area (Å²) in [5.74, 6) is -1.99. The van der Waals surface area contributed by atoms with E-state index >= 15 is 0 Å². The van der Waals surface area contributed by atoms with Gasteiger partial charge in [0, 0.05) is 11.1 Å². The number of hydrogen-bond donors (Lipinski definition) is 3. The minimum atomic E-state index is -1.83. The number of ketones is 1. The number of carbonyl (C=O) groups excluding carboxylic acids is 2. The molecular formula is C19H19NO6. The minimum absolute atomic E-state index is 0.0262. The number of hydrogen-bond acceptors (Lipinski definition) is 5. The Kier molecular flexibility index (Phi) is 6.46. The van der Waals surface area contributed by atoms with Crippen molar-refractivity contribution in [3.63, 3.8) is 0 Å². The second-order valence-electron chi connectivity index (χ2n) is 5.62. The van der Waals surface area contributed by atoms with Gasteiger partial charge in [-0.1, -0.05) is 54.6 Å². The van der Waals surface area contributed by atoms with Gasteiger partial charge in [0.2, 0.25) is 0 Å². The molecule has 0 aliphatic heterocycles. The van der Waals surface area contributed by atoms with E-state index in [9.17, 15) is 19.5 Å². The predicted octanol–water partition coefficient (Wildman–Crippen LogP) is 2.30. The van der Waals surface area contributed by atoms with Crippen LogP contribution < -0.4 is 5.32 Å². The molecule has 1 unspecified atom stereocenters. The monoisotopic (exact) mass is 357 g/mol. The molecule has 0 bridgehead atoms. The van der Waals surface area contributed by atoms with Crippen LogP contribution in [-0.2, 0) is 16.1 Å².